The highest BCUT2D eigenvalue weighted by molar-refractivity contribution is 4.75. The van der Waals surface area contributed by atoms with Gasteiger partial charge in [-0.2, -0.15) is 0 Å². The van der Waals surface area contributed by atoms with Crippen LogP contribution in [0, 0.1) is 5.92 Å². The van der Waals surface area contributed by atoms with E-state index in [1.165, 1.54) is 32.1 Å². The van der Waals surface area contributed by atoms with E-state index in [4.69, 9.17) is 14.2 Å². The third-order valence-electron chi connectivity index (χ3n) is 4.32. The molecule has 0 aliphatic rings. The van der Waals surface area contributed by atoms with Crippen LogP contribution in [-0.2, 0) is 14.2 Å². The van der Waals surface area contributed by atoms with Crippen molar-refractivity contribution >= 4 is 0 Å². The van der Waals surface area contributed by atoms with Crippen LogP contribution in [0.5, 0.6) is 0 Å². The van der Waals surface area contributed by atoms with Crippen molar-refractivity contribution in [1.29, 1.82) is 0 Å². The zero-order chi connectivity index (χ0) is 20.0. The highest BCUT2D eigenvalue weighted by Gasteiger charge is 2.44. The molecule has 0 amide bonds. The summed E-state index contributed by atoms with van der Waals surface area (Å²) < 4.78 is 18.9. The molecule has 0 aliphatic heterocycles. The van der Waals surface area contributed by atoms with E-state index >= 15 is 0 Å². The average molecular weight is 375 g/mol. The minimum absolute atomic E-state index is 0.00804. The normalized spacial score (nSPS) is 14.0. The lowest BCUT2D eigenvalue weighted by atomic mass is 9.92. The largest absolute Gasteiger partial charge is 0.396 e. The van der Waals surface area contributed by atoms with Gasteiger partial charge in [-0.25, -0.2) is 0 Å². The van der Waals surface area contributed by atoms with Crippen LogP contribution in [-0.4, -0.2) is 36.0 Å². The molecule has 1 atom stereocenters. The summed E-state index contributed by atoms with van der Waals surface area (Å²) in [6, 6.07) is 0. The number of unbranched alkanes of at least 4 members (excludes halogenated alkanes) is 5. The fraction of sp³-hybridized carbons (Fsp3) is 1.00. The number of hydrogen-bond donors (Lipinski definition) is 1. The van der Waals surface area contributed by atoms with Gasteiger partial charge in [0.05, 0.1) is 18.3 Å². The highest BCUT2D eigenvalue weighted by Crippen LogP contribution is 2.36. The minimum atomic E-state index is -1.03. The fourth-order valence-corrected chi connectivity index (χ4v) is 3.36. The molecule has 0 aliphatic carbocycles. The van der Waals surface area contributed by atoms with Gasteiger partial charge in [0.2, 0.25) is 0 Å². The summed E-state index contributed by atoms with van der Waals surface area (Å²) in [5, 5.41) is 9.37. The smallest absolute Gasteiger partial charge is 0.286 e. The average Bonchev–Trinajstić information content (AvgIpc) is 2.51. The molecule has 0 aromatic rings. The predicted octanol–water partition coefficient (Wildman–Crippen LogP) is 6.05. The Kier molecular flexibility index (Phi) is 14.8. The van der Waals surface area contributed by atoms with Crippen LogP contribution in [0.1, 0.15) is 106 Å². The SMILES string of the molecule is CCCCCCCCC(CCCO)C(OC(C)C)(OC(C)C)OC(C)C. The zero-order valence-corrected chi connectivity index (χ0v) is 18.6. The first-order valence-electron chi connectivity index (χ1n) is 10.9. The number of aliphatic hydroxyl groups excluding tert-OH is 1. The fourth-order valence-electron chi connectivity index (χ4n) is 3.36. The molecule has 1 unspecified atom stereocenters. The number of rotatable bonds is 17. The standard InChI is InChI=1S/C22H46O4/c1-8-9-10-11-12-13-15-21(16-14-17-23)22(24-18(2)3,25-19(4)5)26-20(6)7/h18-21,23H,8-17H2,1-7H3. The Bertz CT molecular complexity index is 289. The van der Waals surface area contributed by atoms with Crippen LogP contribution in [0.25, 0.3) is 0 Å². The highest BCUT2D eigenvalue weighted by atomic mass is 16.9. The molecule has 0 rings (SSSR count). The molecular weight excluding hydrogens is 328 g/mol. The lowest BCUT2D eigenvalue weighted by molar-refractivity contribution is -0.433. The predicted molar refractivity (Wildman–Crippen MR) is 109 cm³/mol. The van der Waals surface area contributed by atoms with Gasteiger partial charge in [-0.1, -0.05) is 45.4 Å². The van der Waals surface area contributed by atoms with Crippen molar-refractivity contribution in [1.82, 2.24) is 0 Å². The van der Waals surface area contributed by atoms with E-state index in [9.17, 15) is 5.11 Å². The molecular formula is C22H46O4. The third kappa shape index (κ3) is 11.5. The topological polar surface area (TPSA) is 47.9 Å². The van der Waals surface area contributed by atoms with Crippen LogP contribution >= 0.6 is 0 Å². The number of hydrogen-bond acceptors (Lipinski definition) is 4. The molecule has 4 nitrogen and oxygen atoms in total. The van der Waals surface area contributed by atoms with Crippen LogP contribution in [0.2, 0.25) is 0 Å². The Hall–Kier alpha value is -0.160. The molecule has 158 valence electrons. The molecule has 4 heteroatoms. The van der Waals surface area contributed by atoms with Gasteiger partial charge in [0.25, 0.3) is 5.97 Å². The Morgan fingerprint density at radius 3 is 1.50 bits per heavy atom. The van der Waals surface area contributed by atoms with E-state index in [1.807, 2.05) is 41.5 Å². The maximum Gasteiger partial charge on any atom is 0.286 e. The lowest BCUT2D eigenvalue weighted by Crippen LogP contribution is -2.51. The Balaban J connectivity index is 5.19. The Morgan fingerprint density at radius 1 is 0.654 bits per heavy atom. The molecule has 0 aromatic carbocycles. The summed E-state index contributed by atoms with van der Waals surface area (Å²) in [5.41, 5.74) is 0. The second kappa shape index (κ2) is 14.8. The molecule has 26 heavy (non-hydrogen) atoms. The van der Waals surface area contributed by atoms with Gasteiger partial charge in [-0.15, -0.1) is 0 Å². The van der Waals surface area contributed by atoms with E-state index < -0.39 is 5.97 Å². The van der Waals surface area contributed by atoms with Gasteiger partial charge in [-0.3, -0.25) is 0 Å². The summed E-state index contributed by atoms with van der Waals surface area (Å²) in [6.07, 6.45) is 10.2. The quantitative estimate of drug-likeness (QED) is 0.248. The van der Waals surface area contributed by atoms with Crippen molar-refractivity contribution in [2.24, 2.45) is 5.92 Å². The first kappa shape index (κ1) is 25.8. The summed E-state index contributed by atoms with van der Waals surface area (Å²) in [7, 11) is 0. The molecule has 0 saturated carbocycles. The summed E-state index contributed by atoms with van der Waals surface area (Å²) in [4.78, 5) is 0. The third-order valence-corrected chi connectivity index (χ3v) is 4.32. The number of aliphatic hydroxyl groups is 1. The van der Waals surface area contributed by atoms with Crippen molar-refractivity contribution in [2.75, 3.05) is 6.61 Å². The van der Waals surface area contributed by atoms with Gasteiger partial charge in [0, 0.05) is 12.5 Å². The Morgan fingerprint density at radius 2 is 1.08 bits per heavy atom. The van der Waals surface area contributed by atoms with Crippen molar-refractivity contribution in [3.8, 4) is 0 Å². The summed E-state index contributed by atoms with van der Waals surface area (Å²) >= 11 is 0. The van der Waals surface area contributed by atoms with E-state index in [2.05, 4.69) is 6.92 Å². The van der Waals surface area contributed by atoms with Gasteiger partial charge in [0.1, 0.15) is 0 Å². The van der Waals surface area contributed by atoms with E-state index in [-0.39, 0.29) is 30.8 Å². The number of ether oxygens (including phenoxy) is 3. The maximum atomic E-state index is 9.37. The zero-order valence-electron chi connectivity index (χ0n) is 18.6. The second-order valence-electron chi connectivity index (χ2n) is 8.22. The van der Waals surface area contributed by atoms with Gasteiger partial charge >= 0.3 is 0 Å². The van der Waals surface area contributed by atoms with Crippen LogP contribution in [0.15, 0.2) is 0 Å². The van der Waals surface area contributed by atoms with Crippen LogP contribution in [0.4, 0.5) is 0 Å². The van der Waals surface area contributed by atoms with Crippen LogP contribution in [0.3, 0.4) is 0 Å². The van der Waals surface area contributed by atoms with Gasteiger partial charge in [0.15, 0.2) is 0 Å². The summed E-state index contributed by atoms with van der Waals surface area (Å²) in [6.45, 7) is 14.6. The molecule has 0 saturated heterocycles. The Labute approximate surface area is 163 Å². The maximum absolute atomic E-state index is 9.37. The molecule has 0 spiro atoms. The molecule has 0 fully saturated rings. The van der Waals surface area contributed by atoms with E-state index in [0.717, 1.165) is 25.7 Å². The van der Waals surface area contributed by atoms with Gasteiger partial charge in [-0.05, 0) is 60.8 Å². The van der Waals surface area contributed by atoms with Crippen molar-refractivity contribution < 1.29 is 19.3 Å². The molecule has 0 aromatic heterocycles. The summed E-state index contributed by atoms with van der Waals surface area (Å²) in [5.74, 6) is -0.914. The van der Waals surface area contributed by atoms with Crippen molar-refractivity contribution in [2.45, 2.75) is 131 Å². The first-order valence-corrected chi connectivity index (χ1v) is 10.9. The van der Waals surface area contributed by atoms with Crippen molar-refractivity contribution in [3.63, 3.8) is 0 Å². The minimum Gasteiger partial charge on any atom is -0.396 e. The lowest BCUT2D eigenvalue weighted by Gasteiger charge is -2.43. The van der Waals surface area contributed by atoms with Gasteiger partial charge < -0.3 is 19.3 Å². The van der Waals surface area contributed by atoms with E-state index in [0.29, 0.717) is 0 Å². The van der Waals surface area contributed by atoms with Crippen molar-refractivity contribution in [3.05, 3.63) is 0 Å². The molecule has 0 heterocycles. The first-order chi connectivity index (χ1) is 12.3. The second-order valence-corrected chi connectivity index (χ2v) is 8.22. The molecule has 0 bridgehead atoms. The monoisotopic (exact) mass is 374 g/mol. The molecule has 1 N–H and O–H groups in total. The van der Waals surface area contributed by atoms with Crippen LogP contribution < -0.4 is 0 Å². The van der Waals surface area contributed by atoms with E-state index in [1.54, 1.807) is 0 Å². The molecule has 0 radical (unpaired) electrons.